The van der Waals surface area contributed by atoms with Crippen LogP contribution in [-0.4, -0.2) is 75.6 Å². The third-order valence-electron chi connectivity index (χ3n) is 5.50. The summed E-state index contributed by atoms with van der Waals surface area (Å²) >= 11 is 0. The summed E-state index contributed by atoms with van der Waals surface area (Å²) in [5, 5.41) is 18.3. The third-order valence-corrected chi connectivity index (χ3v) is 5.50. The number of carbonyl (C=O) groups is 1. The zero-order chi connectivity index (χ0) is 24.9. The molecule has 1 aliphatic rings. The van der Waals surface area contributed by atoms with Gasteiger partial charge in [-0.2, -0.15) is 10.2 Å². The van der Waals surface area contributed by atoms with Crippen molar-refractivity contribution >= 4 is 16.8 Å². The predicted octanol–water partition coefficient (Wildman–Crippen LogP) is 2.87. The van der Waals surface area contributed by atoms with Gasteiger partial charge in [0, 0.05) is 48.3 Å². The van der Waals surface area contributed by atoms with Crippen LogP contribution in [0.4, 0.5) is 0 Å². The van der Waals surface area contributed by atoms with Crippen molar-refractivity contribution in [3.8, 4) is 23.7 Å². The molecule has 0 radical (unpaired) electrons. The standard InChI is InChI=1S/C23H29N7O2.C3H4/c1-2-4-17(23(31)24-9-3-10-30-11-13-32-14-12-30)5-7-20-19-15-18(22-25-16-26-29-22)6-8-21(19)28-27-20;1-3-2/h2,4-6,8,15-16H,3,7,9-14H2,1H3,(H,24,31)(H,27,28)(H,25,26,29);1H,2H3/b4-2-,17-5+;. The number of allylic oxidation sites excluding steroid dienone is 2. The zero-order valence-corrected chi connectivity index (χ0v) is 20.4. The van der Waals surface area contributed by atoms with Crippen molar-refractivity contribution < 1.29 is 9.53 Å². The largest absolute Gasteiger partial charge is 0.379 e. The van der Waals surface area contributed by atoms with Gasteiger partial charge in [0.1, 0.15) is 6.33 Å². The average Bonchev–Trinajstić information content (AvgIpc) is 3.55. The Labute approximate surface area is 206 Å². The number of nitrogens with one attached hydrogen (secondary N) is 3. The van der Waals surface area contributed by atoms with Gasteiger partial charge in [0.05, 0.1) is 18.7 Å². The molecule has 1 amide bonds. The van der Waals surface area contributed by atoms with E-state index in [4.69, 9.17) is 4.74 Å². The molecular weight excluding hydrogens is 442 g/mol. The van der Waals surface area contributed by atoms with Crippen molar-refractivity contribution in [1.29, 1.82) is 0 Å². The lowest BCUT2D eigenvalue weighted by Gasteiger charge is -2.26. The topological polar surface area (TPSA) is 112 Å². The van der Waals surface area contributed by atoms with Crippen molar-refractivity contribution in [2.45, 2.75) is 26.7 Å². The highest BCUT2D eigenvalue weighted by Crippen LogP contribution is 2.23. The fourth-order valence-corrected chi connectivity index (χ4v) is 3.77. The Morgan fingerprint density at radius 2 is 2.11 bits per heavy atom. The maximum absolute atomic E-state index is 12.7. The minimum atomic E-state index is -0.0590. The number of aromatic amines is 2. The van der Waals surface area contributed by atoms with Gasteiger partial charge in [-0.05, 0) is 45.0 Å². The van der Waals surface area contributed by atoms with Gasteiger partial charge in [-0.1, -0.05) is 18.2 Å². The molecule has 3 N–H and O–H groups in total. The van der Waals surface area contributed by atoms with Gasteiger partial charge >= 0.3 is 0 Å². The number of hydrogen-bond donors (Lipinski definition) is 3. The van der Waals surface area contributed by atoms with Crippen LogP contribution in [0, 0.1) is 12.3 Å². The number of terminal acetylenes is 1. The molecule has 0 unspecified atom stereocenters. The summed E-state index contributed by atoms with van der Waals surface area (Å²) in [7, 11) is 0. The first-order chi connectivity index (χ1) is 17.2. The molecule has 3 aromatic rings. The number of H-pyrrole nitrogens is 2. The third kappa shape index (κ3) is 7.64. The minimum absolute atomic E-state index is 0.0590. The SMILES string of the molecule is C#CC.C/C=C\C(=C/Cc1[nH]nc2ccc(-c3ncn[nH]3)cc12)C(=O)NCCCN1CCOCC1. The number of aromatic nitrogens is 5. The molecular formula is C26H33N7O2. The Morgan fingerprint density at radius 3 is 2.83 bits per heavy atom. The van der Waals surface area contributed by atoms with Gasteiger partial charge in [-0.3, -0.25) is 19.9 Å². The van der Waals surface area contributed by atoms with E-state index in [1.165, 1.54) is 6.33 Å². The minimum Gasteiger partial charge on any atom is -0.379 e. The van der Waals surface area contributed by atoms with Crippen LogP contribution in [0.15, 0.2) is 48.3 Å². The molecule has 1 saturated heterocycles. The fourth-order valence-electron chi connectivity index (χ4n) is 3.77. The van der Waals surface area contributed by atoms with Gasteiger partial charge in [0.25, 0.3) is 5.91 Å². The number of fused-ring (bicyclic) bond motifs is 1. The molecule has 1 fully saturated rings. The molecule has 0 atom stereocenters. The van der Waals surface area contributed by atoms with Crippen LogP contribution in [0.2, 0.25) is 0 Å². The van der Waals surface area contributed by atoms with Gasteiger partial charge in [0.2, 0.25) is 0 Å². The van der Waals surface area contributed by atoms with Crippen molar-refractivity contribution in [2.75, 3.05) is 39.4 Å². The predicted molar refractivity (Wildman–Crippen MR) is 137 cm³/mol. The van der Waals surface area contributed by atoms with Crippen molar-refractivity contribution in [3.63, 3.8) is 0 Å². The van der Waals surface area contributed by atoms with E-state index >= 15 is 0 Å². The Hall–Kier alpha value is -3.74. The Kier molecular flexibility index (Phi) is 10.2. The number of benzene rings is 1. The van der Waals surface area contributed by atoms with E-state index in [1.54, 1.807) is 6.92 Å². The highest BCUT2D eigenvalue weighted by atomic mass is 16.5. The Bertz CT molecular complexity index is 1170. The summed E-state index contributed by atoms with van der Waals surface area (Å²) in [4.78, 5) is 19.3. The number of ether oxygens (including phenoxy) is 1. The summed E-state index contributed by atoms with van der Waals surface area (Å²) in [6.45, 7) is 8.71. The molecule has 184 valence electrons. The average molecular weight is 476 g/mol. The normalized spacial score (nSPS) is 14.5. The highest BCUT2D eigenvalue weighted by molar-refractivity contribution is 5.96. The van der Waals surface area contributed by atoms with Crippen LogP contribution in [-0.2, 0) is 16.0 Å². The monoisotopic (exact) mass is 475 g/mol. The van der Waals surface area contributed by atoms with Crippen molar-refractivity contribution in [2.24, 2.45) is 0 Å². The van der Waals surface area contributed by atoms with E-state index in [9.17, 15) is 4.79 Å². The Morgan fingerprint density at radius 1 is 1.31 bits per heavy atom. The number of nitrogens with zero attached hydrogens (tertiary/aromatic N) is 4. The van der Waals surface area contributed by atoms with E-state index in [0.717, 1.165) is 61.4 Å². The number of amides is 1. The van der Waals surface area contributed by atoms with Crippen LogP contribution in [0.3, 0.4) is 0 Å². The van der Waals surface area contributed by atoms with Crippen LogP contribution < -0.4 is 5.32 Å². The highest BCUT2D eigenvalue weighted by Gasteiger charge is 2.12. The summed E-state index contributed by atoms with van der Waals surface area (Å²) in [6, 6.07) is 5.94. The first kappa shape index (κ1) is 25.9. The molecule has 3 heterocycles. The van der Waals surface area contributed by atoms with Crippen LogP contribution >= 0.6 is 0 Å². The lowest BCUT2D eigenvalue weighted by molar-refractivity contribution is -0.117. The van der Waals surface area contributed by atoms with Crippen LogP contribution in [0.1, 0.15) is 26.0 Å². The molecule has 0 bridgehead atoms. The number of rotatable bonds is 9. The molecule has 0 saturated carbocycles. The lowest BCUT2D eigenvalue weighted by atomic mass is 10.1. The van der Waals surface area contributed by atoms with E-state index in [-0.39, 0.29) is 5.91 Å². The number of carbonyl (C=O) groups excluding carboxylic acids is 1. The summed E-state index contributed by atoms with van der Waals surface area (Å²) in [6.07, 6.45) is 13.2. The van der Waals surface area contributed by atoms with Crippen LogP contribution in [0.25, 0.3) is 22.3 Å². The van der Waals surface area contributed by atoms with Gasteiger partial charge in [-0.15, -0.1) is 12.3 Å². The van der Waals surface area contributed by atoms with Crippen molar-refractivity contribution in [3.05, 3.63) is 54.0 Å². The quantitative estimate of drug-likeness (QED) is 0.190. The second-order valence-corrected chi connectivity index (χ2v) is 7.98. The summed E-state index contributed by atoms with van der Waals surface area (Å²) in [5.74, 6) is 2.90. The molecule has 0 aliphatic carbocycles. The van der Waals surface area contributed by atoms with E-state index in [2.05, 4.69) is 47.9 Å². The smallest absolute Gasteiger partial charge is 0.250 e. The molecule has 0 spiro atoms. The fraction of sp³-hybridized carbons (Fsp3) is 0.385. The zero-order valence-electron chi connectivity index (χ0n) is 20.4. The molecule has 9 heteroatoms. The molecule has 35 heavy (non-hydrogen) atoms. The summed E-state index contributed by atoms with van der Waals surface area (Å²) < 4.78 is 5.37. The second-order valence-electron chi connectivity index (χ2n) is 7.98. The number of morpholine rings is 1. The molecule has 9 nitrogen and oxygen atoms in total. The van der Waals surface area contributed by atoms with Crippen LogP contribution in [0.5, 0.6) is 0 Å². The van der Waals surface area contributed by atoms with Gasteiger partial charge in [-0.25, -0.2) is 4.98 Å². The first-order valence-corrected chi connectivity index (χ1v) is 11.8. The van der Waals surface area contributed by atoms with E-state index in [0.29, 0.717) is 24.4 Å². The lowest BCUT2D eigenvalue weighted by Crippen LogP contribution is -2.38. The van der Waals surface area contributed by atoms with Crippen molar-refractivity contribution in [1.82, 2.24) is 35.6 Å². The number of hydrogen-bond acceptors (Lipinski definition) is 6. The van der Waals surface area contributed by atoms with E-state index < -0.39 is 0 Å². The molecule has 1 aliphatic heterocycles. The summed E-state index contributed by atoms with van der Waals surface area (Å²) in [5.41, 5.74) is 3.40. The van der Waals surface area contributed by atoms with E-state index in [1.807, 2.05) is 43.4 Å². The molecule has 1 aromatic carbocycles. The Balaban J connectivity index is 0.00000108. The molecule has 2 aromatic heterocycles. The maximum Gasteiger partial charge on any atom is 0.250 e. The second kappa shape index (κ2) is 13.8. The van der Waals surface area contributed by atoms with Gasteiger partial charge < -0.3 is 10.1 Å². The van der Waals surface area contributed by atoms with Gasteiger partial charge in [0.15, 0.2) is 5.82 Å². The maximum atomic E-state index is 12.7. The first-order valence-electron chi connectivity index (χ1n) is 11.8. The molecule has 4 rings (SSSR count).